The number of carbonyl (C=O) groups is 1. The van der Waals surface area contributed by atoms with Crippen LogP contribution in [0, 0.1) is 0 Å². The van der Waals surface area contributed by atoms with Crippen molar-refractivity contribution in [3.63, 3.8) is 0 Å². The van der Waals surface area contributed by atoms with E-state index < -0.39 is 5.97 Å². The molecule has 8 heteroatoms. The summed E-state index contributed by atoms with van der Waals surface area (Å²) in [7, 11) is 0. The van der Waals surface area contributed by atoms with Crippen molar-refractivity contribution in [2.45, 2.75) is 44.6 Å². The van der Waals surface area contributed by atoms with Crippen LogP contribution in [0.15, 0.2) is 18.5 Å². The van der Waals surface area contributed by atoms with Crippen molar-refractivity contribution in [3.05, 3.63) is 24.3 Å². The summed E-state index contributed by atoms with van der Waals surface area (Å²) in [5.41, 5.74) is 8.81. The third kappa shape index (κ3) is 3.16. The summed E-state index contributed by atoms with van der Waals surface area (Å²) in [6.07, 6.45) is 8.08. The van der Waals surface area contributed by atoms with Crippen molar-refractivity contribution in [2.75, 3.05) is 0 Å². The highest BCUT2D eigenvalue weighted by Crippen LogP contribution is 2.32. The van der Waals surface area contributed by atoms with Crippen LogP contribution in [-0.2, 0) is 4.79 Å². The van der Waals surface area contributed by atoms with Gasteiger partial charge in [0.1, 0.15) is 5.82 Å². The number of carboxylic acid groups (broad SMARTS) is 1. The number of aromatic nitrogens is 5. The summed E-state index contributed by atoms with van der Waals surface area (Å²) >= 11 is 0. The average molecular weight is 316 g/mol. The Morgan fingerprint density at radius 2 is 2.22 bits per heavy atom. The fourth-order valence-corrected chi connectivity index (χ4v) is 3.12. The van der Waals surface area contributed by atoms with E-state index in [1.54, 1.807) is 6.20 Å². The number of nitrogens with two attached hydrogens (primary N) is 1. The van der Waals surface area contributed by atoms with Crippen molar-refractivity contribution >= 4 is 22.8 Å². The molecule has 3 heterocycles. The SMILES string of the molecule is CC(=O)O.N[C@H]1CCC[C@H](c2nnc3cnc4[nH]ccc4n23)C1. The van der Waals surface area contributed by atoms with E-state index in [1.807, 2.05) is 12.3 Å². The van der Waals surface area contributed by atoms with E-state index in [0.717, 1.165) is 48.8 Å². The number of rotatable bonds is 1. The second-order valence-corrected chi connectivity index (χ2v) is 5.86. The predicted molar refractivity (Wildman–Crippen MR) is 85.1 cm³/mol. The first-order valence-electron chi connectivity index (χ1n) is 7.68. The number of aromatic amines is 1. The van der Waals surface area contributed by atoms with Gasteiger partial charge in [-0.25, -0.2) is 4.98 Å². The van der Waals surface area contributed by atoms with Gasteiger partial charge >= 0.3 is 0 Å². The zero-order valence-electron chi connectivity index (χ0n) is 12.9. The van der Waals surface area contributed by atoms with Crippen LogP contribution in [0.3, 0.4) is 0 Å². The van der Waals surface area contributed by atoms with Gasteiger partial charge in [-0.15, -0.1) is 10.2 Å². The number of nitrogens with one attached hydrogen (secondary N) is 1. The second kappa shape index (κ2) is 6.33. The molecule has 4 N–H and O–H groups in total. The molecule has 0 bridgehead atoms. The summed E-state index contributed by atoms with van der Waals surface area (Å²) in [5.74, 6) is 0.594. The van der Waals surface area contributed by atoms with Gasteiger partial charge in [0.2, 0.25) is 0 Å². The Morgan fingerprint density at radius 3 is 2.96 bits per heavy atom. The number of fused-ring (bicyclic) bond motifs is 3. The van der Waals surface area contributed by atoms with Crippen LogP contribution in [-0.4, -0.2) is 41.7 Å². The lowest BCUT2D eigenvalue weighted by Crippen LogP contribution is -2.27. The molecule has 0 aromatic carbocycles. The summed E-state index contributed by atoms with van der Waals surface area (Å²) < 4.78 is 2.11. The number of H-pyrrole nitrogens is 1. The zero-order chi connectivity index (χ0) is 16.4. The van der Waals surface area contributed by atoms with Gasteiger partial charge in [0.15, 0.2) is 11.3 Å². The van der Waals surface area contributed by atoms with E-state index in [4.69, 9.17) is 15.6 Å². The van der Waals surface area contributed by atoms with E-state index in [9.17, 15) is 0 Å². The van der Waals surface area contributed by atoms with Crippen LogP contribution in [0.2, 0.25) is 0 Å². The molecule has 2 atom stereocenters. The average Bonchev–Trinajstić information content (AvgIpc) is 3.12. The van der Waals surface area contributed by atoms with Crippen LogP contribution in [0.5, 0.6) is 0 Å². The highest BCUT2D eigenvalue weighted by atomic mass is 16.4. The first-order chi connectivity index (χ1) is 11.1. The van der Waals surface area contributed by atoms with Crippen molar-refractivity contribution in [1.29, 1.82) is 0 Å². The molecule has 1 aliphatic carbocycles. The monoisotopic (exact) mass is 316 g/mol. The molecule has 4 rings (SSSR count). The summed E-state index contributed by atoms with van der Waals surface area (Å²) in [6, 6.07) is 2.31. The molecule has 3 aromatic rings. The quantitative estimate of drug-likeness (QED) is 0.628. The number of nitrogens with zero attached hydrogens (tertiary/aromatic N) is 4. The van der Waals surface area contributed by atoms with Gasteiger partial charge in [0, 0.05) is 25.1 Å². The molecule has 0 spiro atoms. The minimum Gasteiger partial charge on any atom is -0.481 e. The van der Waals surface area contributed by atoms with Gasteiger partial charge in [-0.2, -0.15) is 0 Å². The van der Waals surface area contributed by atoms with Crippen molar-refractivity contribution < 1.29 is 9.90 Å². The van der Waals surface area contributed by atoms with E-state index in [-0.39, 0.29) is 6.04 Å². The molecule has 3 aromatic heterocycles. The van der Waals surface area contributed by atoms with Crippen LogP contribution < -0.4 is 5.73 Å². The van der Waals surface area contributed by atoms with Crippen LogP contribution in [0.1, 0.15) is 44.3 Å². The summed E-state index contributed by atoms with van der Waals surface area (Å²) in [5, 5.41) is 16.0. The molecule has 0 saturated heterocycles. The fourth-order valence-electron chi connectivity index (χ4n) is 3.12. The molecule has 8 nitrogen and oxygen atoms in total. The largest absolute Gasteiger partial charge is 0.481 e. The van der Waals surface area contributed by atoms with E-state index in [0.29, 0.717) is 5.92 Å². The molecule has 0 aliphatic heterocycles. The minimum atomic E-state index is -0.833. The van der Waals surface area contributed by atoms with E-state index in [2.05, 4.69) is 24.6 Å². The van der Waals surface area contributed by atoms with E-state index >= 15 is 0 Å². The van der Waals surface area contributed by atoms with Gasteiger partial charge in [-0.1, -0.05) is 6.42 Å². The van der Waals surface area contributed by atoms with Gasteiger partial charge in [0.05, 0.1) is 11.7 Å². The van der Waals surface area contributed by atoms with Crippen molar-refractivity contribution in [2.24, 2.45) is 5.73 Å². The molecule has 0 radical (unpaired) electrons. The van der Waals surface area contributed by atoms with Crippen LogP contribution in [0.4, 0.5) is 0 Å². The van der Waals surface area contributed by atoms with Gasteiger partial charge in [0.25, 0.3) is 5.97 Å². The predicted octanol–water partition coefficient (Wildman–Crippen LogP) is 1.68. The Balaban J connectivity index is 0.000000354. The third-order valence-electron chi connectivity index (χ3n) is 4.05. The van der Waals surface area contributed by atoms with Gasteiger partial charge in [-0.3, -0.25) is 9.20 Å². The highest BCUT2D eigenvalue weighted by molar-refractivity contribution is 5.74. The number of hydrogen-bond donors (Lipinski definition) is 3. The lowest BCUT2D eigenvalue weighted by molar-refractivity contribution is -0.134. The Bertz CT molecular complexity index is 820. The molecular weight excluding hydrogens is 296 g/mol. The Kier molecular flexibility index (Phi) is 4.24. The molecule has 23 heavy (non-hydrogen) atoms. The fraction of sp³-hybridized carbons (Fsp3) is 0.467. The van der Waals surface area contributed by atoms with Crippen LogP contribution >= 0.6 is 0 Å². The highest BCUT2D eigenvalue weighted by Gasteiger charge is 2.25. The number of aliphatic carboxylic acids is 1. The Morgan fingerprint density at radius 1 is 1.43 bits per heavy atom. The molecule has 1 aliphatic rings. The lowest BCUT2D eigenvalue weighted by atomic mass is 9.85. The molecule has 0 unspecified atom stereocenters. The standard InChI is InChI=1S/C13H16N6.C2H4O2/c14-9-3-1-2-8(6-9)13-18-17-11-7-16-12-10(19(11)13)4-5-15-12;1-2(3)4/h4-5,7-9,15H,1-3,6,14H2;1H3,(H,3,4)/t8-,9-;/m0./s1. The minimum absolute atomic E-state index is 0.287. The van der Waals surface area contributed by atoms with E-state index in [1.165, 1.54) is 6.42 Å². The molecular formula is C15H20N6O2. The topological polar surface area (TPSA) is 122 Å². The van der Waals surface area contributed by atoms with Crippen molar-refractivity contribution in [3.8, 4) is 0 Å². The maximum Gasteiger partial charge on any atom is 0.300 e. The maximum atomic E-state index is 9.00. The number of carboxylic acids is 1. The molecule has 1 fully saturated rings. The lowest BCUT2D eigenvalue weighted by Gasteiger charge is -2.25. The van der Waals surface area contributed by atoms with Gasteiger partial charge < -0.3 is 15.8 Å². The second-order valence-electron chi connectivity index (χ2n) is 5.86. The smallest absolute Gasteiger partial charge is 0.300 e. The summed E-state index contributed by atoms with van der Waals surface area (Å²) in [4.78, 5) is 16.5. The van der Waals surface area contributed by atoms with Crippen LogP contribution in [0.25, 0.3) is 16.8 Å². The first kappa shape index (κ1) is 15.4. The summed E-state index contributed by atoms with van der Waals surface area (Å²) in [6.45, 7) is 1.08. The van der Waals surface area contributed by atoms with Gasteiger partial charge in [-0.05, 0) is 25.3 Å². The zero-order valence-corrected chi connectivity index (χ0v) is 12.9. The maximum absolute atomic E-state index is 9.00. The van der Waals surface area contributed by atoms with Crippen molar-refractivity contribution in [1.82, 2.24) is 24.6 Å². The Labute approximate surface area is 132 Å². The molecule has 0 amide bonds. The third-order valence-corrected chi connectivity index (χ3v) is 4.05. The first-order valence-corrected chi connectivity index (χ1v) is 7.68. The number of hydrogen-bond acceptors (Lipinski definition) is 5. The molecule has 1 saturated carbocycles. The normalized spacial score (nSPS) is 21.1. The Hall–Kier alpha value is -2.48. The molecule has 122 valence electrons.